The molecule has 1 aliphatic heterocycles. The van der Waals surface area contributed by atoms with E-state index in [4.69, 9.17) is 0 Å². The molecule has 10 heavy (non-hydrogen) atoms. The van der Waals surface area contributed by atoms with Crippen LogP contribution in [0.25, 0.3) is 0 Å². The molecule has 0 N–H and O–H groups in total. The fourth-order valence-electron chi connectivity index (χ4n) is 0.945. The first-order valence-corrected chi connectivity index (χ1v) is 3.01. The number of nitrogens with zero attached hydrogens (tertiary/aromatic N) is 2. The van der Waals surface area contributed by atoms with Gasteiger partial charge in [-0.15, -0.1) is 0 Å². The van der Waals surface area contributed by atoms with Gasteiger partial charge in [-0.2, -0.15) is 0 Å². The van der Waals surface area contributed by atoms with Crippen LogP contribution >= 0.6 is 0 Å². The van der Waals surface area contributed by atoms with E-state index in [0.717, 1.165) is 5.36 Å². The van der Waals surface area contributed by atoms with Crippen LogP contribution in [-0.2, 0) is 0 Å². The van der Waals surface area contributed by atoms with E-state index in [-0.39, 0.29) is 5.82 Å². The maximum Gasteiger partial charge on any atom is 0.130 e. The van der Waals surface area contributed by atoms with Gasteiger partial charge in [-0.1, -0.05) is 0 Å². The van der Waals surface area contributed by atoms with Crippen LogP contribution in [0, 0.1) is 5.82 Å². The normalized spacial score (nSPS) is 13.7. The Morgan fingerprint density at radius 3 is 2.90 bits per heavy atom. The molecule has 1 aromatic carbocycles. The minimum Gasteiger partial charge on any atom is -0.260 e. The van der Waals surface area contributed by atoms with Gasteiger partial charge in [-0.3, -0.25) is 9.98 Å². The van der Waals surface area contributed by atoms with Gasteiger partial charge in [-0.25, -0.2) is 4.39 Å². The third-order valence-corrected chi connectivity index (χ3v) is 1.42. The minimum atomic E-state index is -0.250. The Hall–Kier alpha value is -1.25. The second-order valence-corrected chi connectivity index (χ2v) is 2.09. The Bertz CT molecular complexity index is 370. The van der Waals surface area contributed by atoms with Gasteiger partial charge in [0.1, 0.15) is 12.5 Å². The Morgan fingerprint density at radius 1 is 1.20 bits per heavy atom. The minimum absolute atomic E-state index is 0.250. The average molecular weight is 136 g/mol. The highest BCUT2D eigenvalue weighted by molar-refractivity contribution is 5.04. The molecule has 0 unspecified atom stereocenters. The van der Waals surface area contributed by atoms with Crippen molar-refractivity contribution in [2.24, 2.45) is 9.98 Å². The van der Waals surface area contributed by atoms with Crippen LogP contribution in [0.3, 0.4) is 0 Å². The zero-order valence-electron chi connectivity index (χ0n) is 5.21. The summed E-state index contributed by atoms with van der Waals surface area (Å²) in [6.45, 7) is 0.443. The van der Waals surface area contributed by atoms with Crippen LogP contribution in [0.5, 0.6) is 0 Å². The summed E-state index contributed by atoms with van der Waals surface area (Å²) in [6, 6.07) is 4.43. The first-order valence-electron chi connectivity index (χ1n) is 3.01. The monoisotopic (exact) mass is 136 g/mol. The summed E-state index contributed by atoms with van der Waals surface area (Å²) >= 11 is 0. The Balaban J connectivity index is 2.88. The second-order valence-electron chi connectivity index (χ2n) is 2.09. The fourth-order valence-corrected chi connectivity index (χ4v) is 0.945. The number of rotatable bonds is 0. The average Bonchev–Trinajstić information content (AvgIpc) is 2.33. The second kappa shape index (κ2) is 1.87. The molecule has 0 fully saturated rings. The topological polar surface area (TPSA) is 24.7 Å². The van der Waals surface area contributed by atoms with E-state index >= 15 is 0 Å². The van der Waals surface area contributed by atoms with Crippen molar-refractivity contribution in [1.82, 2.24) is 0 Å². The molecule has 0 amide bonds. The molecular formula is C7H5FN2. The summed E-state index contributed by atoms with van der Waals surface area (Å²) in [6.07, 6.45) is 0. The molecule has 2 nitrogen and oxygen atoms in total. The number of fused-ring (bicyclic) bond motifs is 1. The van der Waals surface area contributed by atoms with E-state index in [1.165, 1.54) is 12.1 Å². The molecule has 1 aliphatic rings. The number of halogens is 1. The van der Waals surface area contributed by atoms with Crippen LogP contribution in [-0.4, -0.2) is 6.67 Å². The van der Waals surface area contributed by atoms with Gasteiger partial charge in [0.05, 0.1) is 10.7 Å². The van der Waals surface area contributed by atoms with Gasteiger partial charge in [0, 0.05) is 6.07 Å². The van der Waals surface area contributed by atoms with Crippen LogP contribution < -0.4 is 10.7 Å². The molecule has 1 heterocycles. The lowest BCUT2D eigenvalue weighted by atomic mass is 10.3. The van der Waals surface area contributed by atoms with Gasteiger partial charge in [0.15, 0.2) is 0 Å². The fraction of sp³-hybridized carbons (Fsp3) is 0.143. The molecule has 0 saturated carbocycles. The van der Waals surface area contributed by atoms with Crippen molar-refractivity contribution in [2.75, 3.05) is 6.67 Å². The Kier molecular flexibility index (Phi) is 1.03. The summed E-state index contributed by atoms with van der Waals surface area (Å²) in [7, 11) is 0. The molecule has 0 spiro atoms. The molecule has 0 radical (unpaired) electrons. The zero-order chi connectivity index (χ0) is 6.97. The maximum absolute atomic E-state index is 12.5. The molecule has 0 atom stereocenters. The van der Waals surface area contributed by atoms with Gasteiger partial charge in [-0.05, 0) is 12.1 Å². The SMILES string of the molecule is Fc1ccc2c(c1)=NCN=2. The van der Waals surface area contributed by atoms with E-state index in [9.17, 15) is 4.39 Å². The predicted molar refractivity (Wildman–Crippen MR) is 33.6 cm³/mol. The molecule has 0 aromatic heterocycles. The predicted octanol–water partition coefficient (Wildman–Crippen LogP) is 0.0360. The molecule has 0 saturated heterocycles. The highest BCUT2D eigenvalue weighted by Crippen LogP contribution is 1.87. The summed E-state index contributed by atoms with van der Waals surface area (Å²) in [4.78, 5) is 7.96. The lowest BCUT2D eigenvalue weighted by molar-refractivity contribution is 0.625. The highest BCUT2D eigenvalue weighted by Gasteiger charge is 1.95. The molecule has 1 aromatic rings. The molecule has 0 bridgehead atoms. The lowest BCUT2D eigenvalue weighted by Crippen LogP contribution is -2.21. The quantitative estimate of drug-likeness (QED) is 0.481. The highest BCUT2D eigenvalue weighted by atomic mass is 19.1. The molecular weight excluding hydrogens is 131 g/mol. The summed E-state index contributed by atoms with van der Waals surface area (Å²) in [5.41, 5.74) is 0. The Labute approximate surface area is 56.7 Å². The maximum atomic E-state index is 12.5. The number of hydrogen-bond acceptors (Lipinski definition) is 2. The van der Waals surface area contributed by atoms with Gasteiger partial charge >= 0.3 is 0 Å². The van der Waals surface area contributed by atoms with Crippen LogP contribution in [0.2, 0.25) is 0 Å². The zero-order valence-corrected chi connectivity index (χ0v) is 5.21. The summed E-state index contributed by atoms with van der Waals surface area (Å²) < 4.78 is 12.5. The van der Waals surface area contributed by atoms with Gasteiger partial charge in [0.25, 0.3) is 0 Å². The molecule has 50 valence electrons. The third-order valence-electron chi connectivity index (χ3n) is 1.42. The van der Waals surface area contributed by atoms with Crippen LogP contribution in [0.1, 0.15) is 0 Å². The lowest BCUT2D eigenvalue weighted by Gasteiger charge is -1.82. The third kappa shape index (κ3) is 0.708. The largest absolute Gasteiger partial charge is 0.260 e. The van der Waals surface area contributed by atoms with Crippen molar-refractivity contribution in [3.8, 4) is 0 Å². The molecule has 2 rings (SSSR count). The van der Waals surface area contributed by atoms with E-state index in [1.807, 2.05) is 0 Å². The van der Waals surface area contributed by atoms with Gasteiger partial charge < -0.3 is 0 Å². The molecule has 3 heteroatoms. The standard InChI is InChI=1S/C7H5FN2/c8-5-1-2-6-7(3-5)10-4-9-6/h1-3H,4H2. The molecule has 0 aliphatic carbocycles. The van der Waals surface area contributed by atoms with E-state index in [2.05, 4.69) is 9.98 Å². The number of benzene rings is 1. The Morgan fingerprint density at radius 2 is 2.00 bits per heavy atom. The van der Waals surface area contributed by atoms with Crippen LogP contribution in [0.15, 0.2) is 28.2 Å². The smallest absolute Gasteiger partial charge is 0.130 e. The van der Waals surface area contributed by atoms with Crippen molar-refractivity contribution in [3.05, 3.63) is 34.7 Å². The van der Waals surface area contributed by atoms with Crippen molar-refractivity contribution in [3.63, 3.8) is 0 Å². The van der Waals surface area contributed by atoms with E-state index in [0.29, 0.717) is 12.0 Å². The summed E-state index contributed by atoms with van der Waals surface area (Å²) in [5, 5.41) is 1.46. The van der Waals surface area contributed by atoms with E-state index in [1.54, 1.807) is 6.07 Å². The van der Waals surface area contributed by atoms with Crippen molar-refractivity contribution >= 4 is 0 Å². The first kappa shape index (κ1) is 5.53. The van der Waals surface area contributed by atoms with Crippen LogP contribution in [0.4, 0.5) is 4.39 Å². The van der Waals surface area contributed by atoms with E-state index < -0.39 is 0 Å². The van der Waals surface area contributed by atoms with Gasteiger partial charge in [0.2, 0.25) is 0 Å². The van der Waals surface area contributed by atoms with Crippen molar-refractivity contribution in [2.45, 2.75) is 0 Å². The van der Waals surface area contributed by atoms with Crippen molar-refractivity contribution < 1.29 is 4.39 Å². The number of hydrogen-bond donors (Lipinski definition) is 0. The summed E-state index contributed by atoms with van der Waals surface area (Å²) in [5.74, 6) is -0.250. The first-order chi connectivity index (χ1) is 4.86. The van der Waals surface area contributed by atoms with Crippen molar-refractivity contribution in [1.29, 1.82) is 0 Å².